The lowest BCUT2D eigenvalue weighted by atomic mass is 9.97. The minimum Gasteiger partial charge on any atom is -0.490 e. The van der Waals surface area contributed by atoms with E-state index in [-0.39, 0.29) is 12.0 Å². The van der Waals surface area contributed by atoms with Gasteiger partial charge >= 0.3 is 0 Å². The van der Waals surface area contributed by atoms with Crippen molar-refractivity contribution < 1.29 is 31.9 Å². The summed E-state index contributed by atoms with van der Waals surface area (Å²) in [6, 6.07) is 10.1. The molecule has 0 bridgehead atoms. The van der Waals surface area contributed by atoms with E-state index in [9.17, 15) is 22.4 Å². The molecule has 5 rings (SSSR count). The molecule has 1 amide bonds. The Morgan fingerprint density at radius 3 is 2.63 bits per heavy atom. The Kier molecular flexibility index (Phi) is 7.93. The van der Waals surface area contributed by atoms with Gasteiger partial charge in [0.05, 0.1) is 16.4 Å². The van der Waals surface area contributed by atoms with Gasteiger partial charge in [0.2, 0.25) is 5.91 Å². The van der Waals surface area contributed by atoms with Gasteiger partial charge in [-0.15, -0.1) is 11.3 Å². The van der Waals surface area contributed by atoms with Gasteiger partial charge < -0.3 is 9.64 Å². The van der Waals surface area contributed by atoms with Crippen LogP contribution in [0.2, 0.25) is 0 Å². The maximum Gasteiger partial charge on any atom is 0.282 e. The van der Waals surface area contributed by atoms with Crippen LogP contribution >= 0.6 is 11.3 Å². The lowest BCUT2D eigenvalue weighted by molar-refractivity contribution is -0.133. The fourth-order valence-corrected chi connectivity index (χ4v) is 5.36. The number of amides is 1. The molecule has 3 aromatic rings. The largest absolute Gasteiger partial charge is 0.490 e. The molecule has 13 heteroatoms. The SMILES string of the molecule is O=C(Cn1nc(C(F)F)cc1C(F)F)N1CCC(c2nc(C3=CC(COc4ccccc4)ON3)cs2)CC1. The molecule has 2 aromatic heterocycles. The van der Waals surface area contributed by atoms with Crippen molar-refractivity contribution in [2.75, 3.05) is 19.7 Å². The highest BCUT2D eigenvalue weighted by molar-refractivity contribution is 7.09. The third kappa shape index (κ3) is 5.99. The number of rotatable bonds is 9. The summed E-state index contributed by atoms with van der Waals surface area (Å²) in [5.74, 6) is 0.468. The topological polar surface area (TPSA) is 81.5 Å². The van der Waals surface area contributed by atoms with Crippen LogP contribution in [0.5, 0.6) is 5.75 Å². The lowest BCUT2D eigenvalue weighted by Crippen LogP contribution is -2.40. The van der Waals surface area contributed by atoms with Gasteiger partial charge in [-0.3, -0.25) is 19.8 Å². The Morgan fingerprint density at radius 1 is 1.16 bits per heavy atom. The fourth-order valence-electron chi connectivity index (χ4n) is 4.37. The number of hydrogen-bond donors (Lipinski definition) is 1. The molecule has 1 N–H and O–H groups in total. The van der Waals surface area contributed by atoms with Crippen molar-refractivity contribution in [1.29, 1.82) is 0 Å². The number of thiazole rings is 1. The number of nitrogens with one attached hydrogen (secondary N) is 1. The standard InChI is InChI=1S/C25H25F4N5O3S/c26-23(27)19-11-21(24(28)29)34(31-19)12-22(35)33-8-6-15(7-9-33)25-30-20(14-38-25)18-10-17(37-32-18)13-36-16-4-2-1-3-5-16/h1-5,10-11,14-15,17,23-24,32H,6-9,12-13H2. The predicted octanol–water partition coefficient (Wildman–Crippen LogP) is 4.94. The van der Waals surface area contributed by atoms with E-state index in [1.165, 1.54) is 11.3 Å². The number of benzene rings is 1. The van der Waals surface area contributed by atoms with Crippen LogP contribution in [0.1, 0.15) is 53.7 Å². The van der Waals surface area contributed by atoms with Gasteiger partial charge in [0.1, 0.15) is 36.4 Å². The average molecular weight is 552 g/mol. The Bertz CT molecular complexity index is 1280. The number of aromatic nitrogens is 3. The first-order valence-electron chi connectivity index (χ1n) is 12.1. The number of hydroxylamine groups is 1. The van der Waals surface area contributed by atoms with E-state index < -0.39 is 36.7 Å². The Labute approximate surface area is 219 Å². The number of hydrogen-bond acceptors (Lipinski definition) is 7. The van der Waals surface area contributed by atoms with Crippen molar-refractivity contribution in [2.24, 2.45) is 0 Å². The number of ether oxygens (including phenoxy) is 1. The zero-order chi connectivity index (χ0) is 26.6. The van der Waals surface area contributed by atoms with Crippen LogP contribution in [-0.2, 0) is 16.2 Å². The van der Waals surface area contributed by atoms with Gasteiger partial charge in [0.15, 0.2) is 0 Å². The smallest absolute Gasteiger partial charge is 0.282 e. The van der Waals surface area contributed by atoms with Crippen molar-refractivity contribution in [2.45, 2.75) is 44.3 Å². The second-order valence-corrected chi connectivity index (χ2v) is 9.83. The van der Waals surface area contributed by atoms with Gasteiger partial charge in [-0.1, -0.05) is 18.2 Å². The zero-order valence-corrected chi connectivity index (χ0v) is 20.9. The number of carbonyl (C=O) groups excluding carboxylic acids is 1. The molecule has 8 nitrogen and oxygen atoms in total. The van der Waals surface area contributed by atoms with Crippen molar-refractivity contribution in [3.05, 3.63) is 69.9 Å². The average Bonchev–Trinajstić information content (AvgIpc) is 3.68. The third-order valence-corrected chi connectivity index (χ3v) is 7.39. The molecule has 1 saturated heterocycles. The second kappa shape index (κ2) is 11.5. The van der Waals surface area contributed by atoms with E-state index in [2.05, 4.69) is 10.6 Å². The molecule has 0 spiro atoms. The number of para-hydroxylation sites is 1. The molecule has 0 saturated carbocycles. The van der Waals surface area contributed by atoms with Crippen molar-refractivity contribution >= 4 is 22.9 Å². The first-order chi connectivity index (χ1) is 18.4. The van der Waals surface area contributed by atoms with Crippen LogP contribution in [0.25, 0.3) is 5.70 Å². The number of likely N-dealkylation sites (tertiary alicyclic amines) is 1. The molecular weight excluding hydrogens is 526 g/mol. The molecule has 4 heterocycles. The van der Waals surface area contributed by atoms with E-state index in [4.69, 9.17) is 14.6 Å². The Hall–Kier alpha value is -3.45. The summed E-state index contributed by atoms with van der Waals surface area (Å²) in [6.07, 6.45) is -3.03. The maximum absolute atomic E-state index is 13.2. The number of halogens is 4. The first kappa shape index (κ1) is 26.2. The summed E-state index contributed by atoms with van der Waals surface area (Å²) in [4.78, 5) is 24.6. The molecular formula is C25H25F4N5O3S. The number of piperidine rings is 1. The summed E-state index contributed by atoms with van der Waals surface area (Å²) in [5.41, 5.74) is 2.98. The summed E-state index contributed by atoms with van der Waals surface area (Å²) in [6.45, 7) is 0.668. The van der Waals surface area contributed by atoms with E-state index in [1.54, 1.807) is 4.90 Å². The molecule has 202 valence electrons. The highest BCUT2D eigenvalue weighted by Crippen LogP contribution is 2.32. The molecule has 1 unspecified atom stereocenters. The van der Waals surface area contributed by atoms with Gasteiger partial charge in [0.25, 0.3) is 12.9 Å². The lowest BCUT2D eigenvalue weighted by Gasteiger charge is -2.31. The minimum atomic E-state index is -3.01. The summed E-state index contributed by atoms with van der Waals surface area (Å²) in [5, 5.41) is 6.38. The van der Waals surface area contributed by atoms with E-state index in [0.717, 1.165) is 22.1 Å². The highest BCUT2D eigenvalue weighted by Gasteiger charge is 2.29. The molecule has 2 aliphatic rings. The van der Waals surface area contributed by atoms with E-state index in [1.807, 2.05) is 41.8 Å². The predicted molar refractivity (Wildman–Crippen MR) is 131 cm³/mol. The zero-order valence-electron chi connectivity index (χ0n) is 20.1. The monoisotopic (exact) mass is 551 g/mol. The normalized spacial score (nSPS) is 18.2. The van der Waals surface area contributed by atoms with Crippen LogP contribution in [-0.4, -0.2) is 51.4 Å². The molecule has 0 aliphatic carbocycles. The minimum absolute atomic E-state index is 0.143. The third-order valence-electron chi connectivity index (χ3n) is 6.39. The Morgan fingerprint density at radius 2 is 1.92 bits per heavy atom. The number of nitrogens with zero attached hydrogens (tertiary/aromatic N) is 4. The molecule has 1 atom stereocenters. The van der Waals surface area contributed by atoms with Gasteiger partial charge in [0, 0.05) is 24.4 Å². The fraction of sp³-hybridized carbons (Fsp3) is 0.400. The maximum atomic E-state index is 13.2. The van der Waals surface area contributed by atoms with Crippen LogP contribution in [0.4, 0.5) is 17.6 Å². The van der Waals surface area contributed by atoms with Crippen molar-refractivity contribution in [3.8, 4) is 5.75 Å². The summed E-state index contributed by atoms with van der Waals surface area (Å²) < 4.78 is 58.7. The molecule has 0 radical (unpaired) electrons. The van der Waals surface area contributed by atoms with E-state index in [0.29, 0.717) is 43.3 Å². The molecule has 2 aliphatic heterocycles. The number of carbonyl (C=O) groups is 1. The van der Waals surface area contributed by atoms with Gasteiger partial charge in [-0.2, -0.15) is 5.10 Å². The molecule has 1 aromatic carbocycles. The van der Waals surface area contributed by atoms with Crippen molar-refractivity contribution in [1.82, 2.24) is 25.1 Å². The Balaban J connectivity index is 1.14. The summed E-state index contributed by atoms with van der Waals surface area (Å²) >= 11 is 1.53. The quantitative estimate of drug-likeness (QED) is 0.380. The van der Waals surface area contributed by atoms with Gasteiger partial charge in [-0.05, 0) is 37.1 Å². The van der Waals surface area contributed by atoms with E-state index >= 15 is 0 Å². The first-order valence-corrected chi connectivity index (χ1v) is 12.9. The van der Waals surface area contributed by atoms with Crippen LogP contribution in [0, 0.1) is 0 Å². The number of alkyl halides is 4. The molecule has 38 heavy (non-hydrogen) atoms. The van der Waals surface area contributed by atoms with Crippen LogP contribution in [0.3, 0.4) is 0 Å². The van der Waals surface area contributed by atoms with Gasteiger partial charge in [-0.25, -0.2) is 22.5 Å². The highest BCUT2D eigenvalue weighted by atomic mass is 32.1. The second-order valence-electron chi connectivity index (χ2n) is 8.94. The summed E-state index contributed by atoms with van der Waals surface area (Å²) in [7, 11) is 0. The van der Waals surface area contributed by atoms with Crippen molar-refractivity contribution in [3.63, 3.8) is 0 Å². The van der Waals surface area contributed by atoms with Crippen LogP contribution < -0.4 is 10.2 Å². The van der Waals surface area contributed by atoms with Crippen LogP contribution in [0.15, 0.2) is 47.9 Å². The molecule has 1 fully saturated rings.